The summed E-state index contributed by atoms with van der Waals surface area (Å²) in [7, 11) is 4.37. The van der Waals surface area contributed by atoms with Gasteiger partial charge in [0, 0.05) is 50.4 Å². The Kier molecular flexibility index (Phi) is 5.18. The molecule has 2 atom stereocenters. The van der Waals surface area contributed by atoms with E-state index in [1.807, 2.05) is 0 Å². The highest BCUT2D eigenvalue weighted by Gasteiger charge is 2.28. The maximum Gasteiger partial charge on any atom is 0.0624 e. The molecule has 1 aliphatic heterocycles. The van der Waals surface area contributed by atoms with E-state index in [0.29, 0.717) is 6.04 Å². The second-order valence-corrected chi connectivity index (χ2v) is 5.97. The van der Waals surface area contributed by atoms with Crippen LogP contribution in [0.1, 0.15) is 25.2 Å². The summed E-state index contributed by atoms with van der Waals surface area (Å²) in [4.78, 5) is 4.77. The van der Waals surface area contributed by atoms with E-state index in [-0.39, 0.29) is 6.04 Å². The molecule has 2 heterocycles. The fraction of sp³-hybridized carbons (Fsp3) is 0.800. The fourth-order valence-electron chi connectivity index (χ4n) is 3.01. The van der Waals surface area contributed by atoms with Crippen LogP contribution in [0.5, 0.6) is 0 Å². The normalized spacial score (nSPS) is 23.1. The number of aryl methyl sites for hydroxylation is 2. The van der Waals surface area contributed by atoms with E-state index in [2.05, 4.69) is 53.6 Å². The molecule has 2 unspecified atom stereocenters. The SMILES string of the molecule is CCc1cc(CC(N)C2CN(C)CCN2C)n(CC)n1. The van der Waals surface area contributed by atoms with Gasteiger partial charge in [-0.25, -0.2) is 0 Å². The van der Waals surface area contributed by atoms with Crippen LogP contribution < -0.4 is 5.73 Å². The van der Waals surface area contributed by atoms with Gasteiger partial charge < -0.3 is 10.6 Å². The van der Waals surface area contributed by atoms with E-state index in [1.165, 1.54) is 11.4 Å². The quantitative estimate of drug-likeness (QED) is 0.857. The second kappa shape index (κ2) is 6.70. The highest BCUT2D eigenvalue weighted by Crippen LogP contribution is 2.14. The molecule has 20 heavy (non-hydrogen) atoms. The zero-order valence-corrected chi connectivity index (χ0v) is 13.3. The first kappa shape index (κ1) is 15.5. The molecule has 1 saturated heterocycles. The van der Waals surface area contributed by atoms with Crippen molar-refractivity contribution in [1.82, 2.24) is 19.6 Å². The molecule has 5 heteroatoms. The molecule has 0 saturated carbocycles. The first-order valence-electron chi connectivity index (χ1n) is 7.75. The average molecular weight is 279 g/mol. The number of nitrogens with two attached hydrogens (primary N) is 1. The Bertz CT molecular complexity index is 428. The molecular weight excluding hydrogens is 250 g/mol. The molecule has 5 nitrogen and oxygen atoms in total. The largest absolute Gasteiger partial charge is 0.326 e. The van der Waals surface area contributed by atoms with Crippen LogP contribution >= 0.6 is 0 Å². The lowest BCUT2D eigenvalue weighted by Crippen LogP contribution is -2.58. The number of likely N-dealkylation sites (N-methyl/N-ethyl adjacent to an activating group) is 2. The van der Waals surface area contributed by atoms with E-state index >= 15 is 0 Å². The van der Waals surface area contributed by atoms with Crippen LogP contribution in [0.15, 0.2) is 6.07 Å². The van der Waals surface area contributed by atoms with Crippen molar-refractivity contribution in [3.8, 4) is 0 Å². The summed E-state index contributed by atoms with van der Waals surface area (Å²) in [5, 5.41) is 4.62. The molecule has 2 rings (SSSR count). The summed E-state index contributed by atoms with van der Waals surface area (Å²) in [5.74, 6) is 0. The van der Waals surface area contributed by atoms with Crippen LogP contribution in [0, 0.1) is 0 Å². The summed E-state index contributed by atoms with van der Waals surface area (Å²) in [6.45, 7) is 8.49. The minimum absolute atomic E-state index is 0.162. The smallest absolute Gasteiger partial charge is 0.0624 e. The van der Waals surface area contributed by atoms with Crippen LogP contribution in [0.2, 0.25) is 0 Å². The Morgan fingerprint density at radius 1 is 1.35 bits per heavy atom. The Morgan fingerprint density at radius 3 is 2.75 bits per heavy atom. The van der Waals surface area contributed by atoms with Crippen LogP contribution in [0.4, 0.5) is 0 Å². The van der Waals surface area contributed by atoms with Gasteiger partial charge in [-0.1, -0.05) is 6.92 Å². The molecule has 1 aliphatic rings. The number of rotatable bonds is 5. The Morgan fingerprint density at radius 2 is 2.10 bits per heavy atom. The van der Waals surface area contributed by atoms with Crippen LogP contribution in [-0.4, -0.2) is 65.4 Å². The number of piperazine rings is 1. The molecule has 1 fully saturated rings. The van der Waals surface area contributed by atoms with Gasteiger partial charge in [0.05, 0.1) is 5.69 Å². The maximum atomic E-state index is 6.50. The van der Waals surface area contributed by atoms with Gasteiger partial charge in [-0.05, 0) is 33.5 Å². The lowest BCUT2D eigenvalue weighted by molar-refractivity contribution is 0.0969. The first-order chi connectivity index (χ1) is 9.55. The molecule has 1 aromatic heterocycles. The number of hydrogen-bond donors (Lipinski definition) is 1. The predicted octanol–water partition coefficient (Wildman–Crippen LogP) is 0.581. The third kappa shape index (κ3) is 3.40. The van der Waals surface area contributed by atoms with Crippen LogP contribution in [0.3, 0.4) is 0 Å². The minimum Gasteiger partial charge on any atom is -0.326 e. The zero-order chi connectivity index (χ0) is 14.7. The molecule has 114 valence electrons. The van der Waals surface area contributed by atoms with Gasteiger partial charge >= 0.3 is 0 Å². The van der Waals surface area contributed by atoms with Crippen molar-refractivity contribution in [2.45, 2.75) is 45.3 Å². The van der Waals surface area contributed by atoms with Gasteiger partial charge in [-0.15, -0.1) is 0 Å². The van der Waals surface area contributed by atoms with Gasteiger partial charge in [0.25, 0.3) is 0 Å². The van der Waals surface area contributed by atoms with E-state index in [4.69, 9.17) is 5.73 Å². The molecule has 0 spiro atoms. The van der Waals surface area contributed by atoms with Crippen molar-refractivity contribution < 1.29 is 0 Å². The highest BCUT2D eigenvalue weighted by atomic mass is 15.3. The molecule has 0 amide bonds. The lowest BCUT2D eigenvalue weighted by Gasteiger charge is -2.40. The molecule has 0 aliphatic carbocycles. The third-order valence-corrected chi connectivity index (χ3v) is 4.41. The Hall–Kier alpha value is -0.910. The van der Waals surface area contributed by atoms with Crippen LogP contribution in [-0.2, 0) is 19.4 Å². The summed E-state index contributed by atoms with van der Waals surface area (Å²) >= 11 is 0. The fourth-order valence-corrected chi connectivity index (χ4v) is 3.01. The van der Waals surface area contributed by atoms with Crippen molar-refractivity contribution >= 4 is 0 Å². The van der Waals surface area contributed by atoms with Crippen molar-refractivity contribution in [2.75, 3.05) is 33.7 Å². The number of hydrogen-bond acceptors (Lipinski definition) is 4. The van der Waals surface area contributed by atoms with Crippen molar-refractivity contribution in [1.29, 1.82) is 0 Å². The van der Waals surface area contributed by atoms with Gasteiger partial charge in [-0.3, -0.25) is 9.58 Å². The van der Waals surface area contributed by atoms with Crippen molar-refractivity contribution in [3.63, 3.8) is 0 Å². The van der Waals surface area contributed by atoms with Crippen LogP contribution in [0.25, 0.3) is 0 Å². The Balaban J connectivity index is 2.06. The van der Waals surface area contributed by atoms with E-state index < -0.39 is 0 Å². The summed E-state index contributed by atoms with van der Waals surface area (Å²) in [6.07, 6.45) is 1.89. The van der Waals surface area contributed by atoms with E-state index in [1.54, 1.807) is 0 Å². The summed E-state index contributed by atoms with van der Waals surface area (Å²) in [6, 6.07) is 2.81. The van der Waals surface area contributed by atoms with Crippen molar-refractivity contribution in [2.24, 2.45) is 5.73 Å². The third-order valence-electron chi connectivity index (χ3n) is 4.41. The average Bonchev–Trinajstić information content (AvgIpc) is 2.83. The van der Waals surface area contributed by atoms with Crippen molar-refractivity contribution in [3.05, 3.63) is 17.5 Å². The second-order valence-electron chi connectivity index (χ2n) is 5.97. The minimum atomic E-state index is 0.162. The molecule has 2 N–H and O–H groups in total. The lowest BCUT2D eigenvalue weighted by atomic mass is 10.00. The van der Waals surface area contributed by atoms with Gasteiger partial charge in [0.15, 0.2) is 0 Å². The molecule has 1 aromatic rings. The highest BCUT2D eigenvalue weighted by molar-refractivity contribution is 5.12. The van der Waals surface area contributed by atoms with E-state index in [0.717, 1.165) is 39.0 Å². The number of aromatic nitrogens is 2. The number of nitrogens with zero attached hydrogens (tertiary/aromatic N) is 4. The van der Waals surface area contributed by atoms with Gasteiger partial charge in [0.1, 0.15) is 0 Å². The zero-order valence-electron chi connectivity index (χ0n) is 13.3. The first-order valence-corrected chi connectivity index (χ1v) is 7.75. The summed E-state index contributed by atoms with van der Waals surface area (Å²) in [5.41, 5.74) is 8.94. The van der Waals surface area contributed by atoms with Gasteiger partial charge in [0.2, 0.25) is 0 Å². The topological polar surface area (TPSA) is 50.3 Å². The predicted molar refractivity (Wildman–Crippen MR) is 82.9 cm³/mol. The Labute approximate surface area is 122 Å². The van der Waals surface area contributed by atoms with Gasteiger partial charge in [-0.2, -0.15) is 5.10 Å². The monoisotopic (exact) mass is 279 g/mol. The van der Waals surface area contributed by atoms with E-state index in [9.17, 15) is 0 Å². The molecule has 0 aromatic carbocycles. The molecule has 0 bridgehead atoms. The standard InChI is InChI=1S/C15H29N5/c1-5-12-9-13(20(6-2)17-12)10-14(16)15-11-18(3)7-8-19(15)4/h9,14-15H,5-8,10-11,16H2,1-4H3. The molecule has 0 radical (unpaired) electrons. The molecular formula is C15H29N5. The summed E-state index contributed by atoms with van der Waals surface area (Å²) < 4.78 is 2.10. The maximum absolute atomic E-state index is 6.50.